The van der Waals surface area contributed by atoms with E-state index in [-0.39, 0.29) is 0 Å². The van der Waals surface area contributed by atoms with Gasteiger partial charge in [0, 0.05) is 0 Å². The van der Waals surface area contributed by atoms with Crippen LogP contribution in [0.3, 0.4) is 0 Å². The number of carboxylic acid groups (broad SMARTS) is 1. The van der Waals surface area contributed by atoms with Gasteiger partial charge in [0.1, 0.15) is 5.54 Å². The molecule has 0 aromatic rings. The van der Waals surface area contributed by atoms with E-state index in [0.29, 0.717) is 12.3 Å². The summed E-state index contributed by atoms with van der Waals surface area (Å²) in [6.45, 7) is 3.71. The van der Waals surface area contributed by atoms with Crippen LogP contribution in [0.4, 0.5) is 0 Å². The molecular formula is C13H25NO2. The summed E-state index contributed by atoms with van der Waals surface area (Å²) in [7, 11) is 0. The number of carboxylic acids is 1. The van der Waals surface area contributed by atoms with Gasteiger partial charge in [0.25, 0.3) is 0 Å². The highest BCUT2D eigenvalue weighted by Crippen LogP contribution is 2.32. The SMILES string of the molecule is C[C@@H](CCCC1CCC1)C[C@@](C)(N)C(=O)O. The monoisotopic (exact) mass is 227 g/mol. The van der Waals surface area contributed by atoms with E-state index in [1.165, 1.54) is 32.1 Å². The van der Waals surface area contributed by atoms with Crippen molar-refractivity contribution in [1.82, 2.24) is 0 Å². The maximum Gasteiger partial charge on any atom is 0.323 e. The first kappa shape index (κ1) is 13.5. The summed E-state index contributed by atoms with van der Waals surface area (Å²) < 4.78 is 0. The second-order valence-electron chi connectivity index (χ2n) is 5.76. The van der Waals surface area contributed by atoms with Crippen LogP contribution in [0.5, 0.6) is 0 Å². The molecule has 2 atom stereocenters. The molecule has 0 aliphatic heterocycles. The molecule has 0 heterocycles. The predicted molar refractivity (Wildman–Crippen MR) is 65.2 cm³/mol. The number of nitrogens with two attached hydrogens (primary N) is 1. The molecule has 1 rings (SSSR count). The number of carbonyl (C=O) groups is 1. The molecule has 94 valence electrons. The van der Waals surface area contributed by atoms with Crippen LogP contribution in [0.15, 0.2) is 0 Å². The summed E-state index contributed by atoms with van der Waals surface area (Å²) in [5, 5.41) is 8.93. The summed E-state index contributed by atoms with van der Waals surface area (Å²) in [6.07, 6.45) is 8.43. The van der Waals surface area contributed by atoms with E-state index in [1.807, 2.05) is 0 Å². The fourth-order valence-corrected chi connectivity index (χ4v) is 2.45. The van der Waals surface area contributed by atoms with Crippen molar-refractivity contribution in [2.45, 2.75) is 64.3 Å². The van der Waals surface area contributed by atoms with Crippen molar-refractivity contribution in [1.29, 1.82) is 0 Å². The smallest absolute Gasteiger partial charge is 0.323 e. The highest BCUT2D eigenvalue weighted by molar-refractivity contribution is 5.77. The molecule has 3 heteroatoms. The van der Waals surface area contributed by atoms with Gasteiger partial charge in [-0.3, -0.25) is 4.79 Å². The molecule has 16 heavy (non-hydrogen) atoms. The van der Waals surface area contributed by atoms with E-state index >= 15 is 0 Å². The quantitative estimate of drug-likeness (QED) is 0.703. The summed E-state index contributed by atoms with van der Waals surface area (Å²) in [4.78, 5) is 10.9. The molecule has 0 amide bonds. The first-order chi connectivity index (χ1) is 7.42. The summed E-state index contributed by atoms with van der Waals surface area (Å²) in [5.74, 6) is 0.473. The number of hydrogen-bond acceptors (Lipinski definition) is 2. The van der Waals surface area contributed by atoms with Crippen LogP contribution in [0.1, 0.15) is 58.8 Å². The van der Waals surface area contributed by atoms with E-state index in [1.54, 1.807) is 6.92 Å². The van der Waals surface area contributed by atoms with Gasteiger partial charge in [-0.25, -0.2) is 0 Å². The van der Waals surface area contributed by atoms with Crippen LogP contribution < -0.4 is 5.73 Å². The van der Waals surface area contributed by atoms with Crippen molar-refractivity contribution in [3.05, 3.63) is 0 Å². The lowest BCUT2D eigenvalue weighted by Gasteiger charge is -2.27. The zero-order valence-electron chi connectivity index (χ0n) is 10.5. The fourth-order valence-electron chi connectivity index (χ4n) is 2.45. The molecule has 0 spiro atoms. The second kappa shape index (κ2) is 5.67. The van der Waals surface area contributed by atoms with Crippen LogP contribution in [0, 0.1) is 11.8 Å². The van der Waals surface area contributed by atoms with Crippen LogP contribution in [0.2, 0.25) is 0 Å². The van der Waals surface area contributed by atoms with Crippen molar-refractivity contribution in [2.24, 2.45) is 17.6 Å². The molecule has 1 fully saturated rings. The third kappa shape index (κ3) is 4.12. The predicted octanol–water partition coefficient (Wildman–Crippen LogP) is 2.79. The van der Waals surface area contributed by atoms with Crippen LogP contribution in [0.25, 0.3) is 0 Å². The van der Waals surface area contributed by atoms with Gasteiger partial charge in [-0.2, -0.15) is 0 Å². The van der Waals surface area contributed by atoms with Crippen molar-refractivity contribution in [3.63, 3.8) is 0 Å². The Morgan fingerprint density at radius 3 is 2.62 bits per heavy atom. The van der Waals surface area contributed by atoms with Crippen molar-refractivity contribution in [3.8, 4) is 0 Å². The lowest BCUT2D eigenvalue weighted by molar-refractivity contribution is -0.143. The molecule has 0 bridgehead atoms. The molecule has 1 saturated carbocycles. The first-order valence-corrected chi connectivity index (χ1v) is 6.44. The fraction of sp³-hybridized carbons (Fsp3) is 0.923. The van der Waals surface area contributed by atoms with Crippen molar-refractivity contribution in [2.75, 3.05) is 0 Å². The summed E-state index contributed by atoms with van der Waals surface area (Å²) >= 11 is 0. The summed E-state index contributed by atoms with van der Waals surface area (Å²) in [6, 6.07) is 0. The highest BCUT2D eigenvalue weighted by Gasteiger charge is 2.29. The Balaban J connectivity index is 2.14. The molecule has 1 aliphatic carbocycles. The maximum atomic E-state index is 10.9. The molecule has 0 aromatic carbocycles. The summed E-state index contributed by atoms with van der Waals surface area (Å²) in [5.41, 5.74) is 4.67. The minimum Gasteiger partial charge on any atom is -0.480 e. The first-order valence-electron chi connectivity index (χ1n) is 6.44. The van der Waals surface area contributed by atoms with Crippen molar-refractivity contribution >= 4 is 5.97 Å². The van der Waals surface area contributed by atoms with Gasteiger partial charge in [0.05, 0.1) is 0 Å². The van der Waals surface area contributed by atoms with Crippen LogP contribution in [-0.4, -0.2) is 16.6 Å². The topological polar surface area (TPSA) is 63.3 Å². The van der Waals surface area contributed by atoms with Gasteiger partial charge in [0.2, 0.25) is 0 Å². The Morgan fingerprint density at radius 1 is 1.56 bits per heavy atom. The number of hydrogen-bond donors (Lipinski definition) is 2. The Kier molecular flexibility index (Phi) is 4.78. The molecule has 0 unspecified atom stereocenters. The standard InChI is InChI=1S/C13H25NO2/c1-10(9-13(2,14)12(15)16)5-3-6-11-7-4-8-11/h10-11H,3-9,14H2,1-2H3,(H,15,16)/t10-,13+/m0/s1. The lowest BCUT2D eigenvalue weighted by Crippen LogP contribution is -2.46. The lowest BCUT2D eigenvalue weighted by atomic mass is 9.80. The largest absolute Gasteiger partial charge is 0.480 e. The zero-order valence-corrected chi connectivity index (χ0v) is 10.5. The minimum atomic E-state index is -1.06. The van der Waals surface area contributed by atoms with Gasteiger partial charge in [-0.15, -0.1) is 0 Å². The third-order valence-electron chi connectivity index (χ3n) is 3.80. The average Bonchev–Trinajstić information content (AvgIpc) is 2.08. The minimum absolute atomic E-state index is 0.408. The normalized spacial score (nSPS) is 22.2. The van der Waals surface area contributed by atoms with E-state index in [9.17, 15) is 4.79 Å². The average molecular weight is 227 g/mol. The molecule has 1 aliphatic rings. The third-order valence-corrected chi connectivity index (χ3v) is 3.80. The molecular weight excluding hydrogens is 202 g/mol. The molecule has 3 nitrogen and oxygen atoms in total. The number of rotatable bonds is 7. The van der Waals surface area contributed by atoms with E-state index in [4.69, 9.17) is 10.8 Å². The molecule has 0 aromatic heterocycles. The van der Waals surface area contributed by atoms with E-state index in [2.05, 4.69) is 6.92 Å². The molecule has 0 radical (unpaired) electrons. The van der Waals surface area contributed by atoms with Gasteiger partial charge < -0.3 is 10.8 Å². The second-order valence-corrected chi connectivity index (χ2v) is 5.76. The Hall–Kier alpha value is -0.570. The Labute approximate surface area is 98.4 Å². The van der Waals surface area contributed by atoms with Gasteiger partial charge in [-0.1, -0.05) is 45.4 Å². The van der Waals surface area contributed by atoms with Crippen LogP contribution in [-0.2, 0) is 4.79 Å². The Morgan fingerprint density at radius 2 is 2.19 bits per heavy atom. The van der Waals surface area contributed by atoms with Crippen molar-refractivity contribution < 1.29 is 9.90 Å². The van der Waals surface area contributed by atoms with Gasteiger partial charge in [-0.05, 0) is 25.2 Å². The van der Waals surface area contributed by atoms with Gasteiger partial charge in [0.15, 0.2) is 0 Å². The molecule has 0 saturated heterocycles. The van der Waals surface area contributed by atoms with Gasteiger partial charge >= 0.3 is 5.97 Å². The zero-order chi connectivity index (χ0) is 12.2. The number of aliphatic carboxylic acids is 1. The Bertz CT molecular complexity index is 234. The highest BCUT2D eigenvalue weighted by atomic mass is 16.4. The van der Waals surface area contributed by atoms with Crippen LogP contribution >= 0.6 is 0 Å². The maximum absolute atomic E-state index is 10.9. The van der Waals surface area contributed by atoms with E-state index < -0.39 is 11.5 Å². The molecule has 3 N–H and O–H groups in total. The van der Waals surface area contributed by atoms with E-state index in [0.717, 1.165) is 12.3 Å².